The normalized spacial score (nSPS) is 12.6. The van der Waals surface area contributed by atoms with E-state index in [1.165, 1.54) is 0 Å². The number of methoxy groups -OCH3 is 1. The molecule has 1 amide bonds. The molecule has 2 aromatic carbocycles. The second kappa shape index (κ2) is 8.27. The van der Waals surface area contributed by atoms with Crippen LogP contribution in [0, 0.1) is 0 Å². The Morgan fingerprint density at radius 3 is 2.61 bits per heavy atom. The van der Waals surface area contributed by atoms with Gasteiger partial charge in [0.25, 0.3) is 5.91 Å². The number of carbonyl (C=O) groups excluding carboxylic acids is 1. The van der Waals surface area contributed by atoms with Gasteiger partial charge in [0.1, 0.15) is 18.2 Å². The topological polar surface area (TPSA) is 65.4 Å². The van der Waals surface area contributed by atoms with Gasteiger partial charge in [0.05, 0.1) is 18.0 Å². The van der Waals surface area contributed by atoms with Gasteiger partial charge in [0.2, 0.25) is 0 Å². The number of rotatable bonds is 7. The largest absolute Gasteiger partial charge is 0.491 e. The maximum Gasteiger partial charge on any atom is 0.256 e. The van der Waals surface area contributed by atoms with Gasteiger partial charge in [-0.1, -0.05) is 18.2 Å². The molecule has 0 unspecified atom stereocenters. The number of para-hydroxylation sites is 1. The highest BCUT2D eigenvalue weighted by Crippen LogP contribution is 2.31. The fourth-order valence-corrected chi connectivity index (χ4v) is 3.40. The molecule has 1 aliphatic rings. The fraction of sp³-hybridized carbons (Fsp3) is 0.273. The zero-order valence-electron chi connectivity index (χ0n) is 15.9. The third kappa shape index (κ3) is 3.77. The highest BCUT2D eigenvalue weighted by molar-refractivity contribution is 6.04. The zero-order valence-corrected chi connectivity index (χ0v) is 15.9. The Hall–Kier alpha value is -3.12. The molecule has 4 rings (SSSR count). The summed E-state index contributed by atoms with van der Waals surface area (Å²) in [5.74, 6) is 1.32. The van der Waals surface area contributed by atoms with Gasteiger partial charge in [-0.15, -0.1) is 0 Å². The van der Waals surface area contributed by atoms with Crippen molar-refractivity contribution in [2.75, 3.05) is 25.6 Å². The van der Waals surface area contributed by atoms with Crippen LogP contribution >= 0.6 is 0 Å². The summed E-state index contributed by atoms with van der Waals surface area (Å²) in [6.07, 6.45) is 2.96. The van der Waals surface area contributed by atoms with Crippen LogP contribution in [0.4, 0.5) is 5.82 Å². The molecule has 3 aromatic rings. The quantitative estimate of drug-likeness (QED) is 0.639. The molecule has 0 bridgehead atoms. The van der Waals surface area contributed by atoms with Crippen LogP contribution in [-0.2, 0) is 17.6 Å². The van der Waals surface area contributed by atoms with Crippen molar-refractivity contribution in [2.45, 2.75) is 19.3 Å². The summed E-state index contributed by atoms with van der Waals surface area (Å²) in [7, 11) is 1.63. The van der Waals surface area contributed by atoms with Crippen LogP contribution in [0.1, 0.15) is 28.0 Å². The molecule has 1 N–H and O–H groups in total. The number of nitrogens with one attached hydrogen (secondary N) is 1. The van der Waals surface area contributed by atoms with Gasteiger partial charge in [-0.3, -0.25) is 4.79 Å². The van der Waals surface area contributed by atoms with E-state index in [0.29, 0.717) is 24.5 Å². The van der Waals surface area contributed by atoms with Crippen LogP contribution < -0.4 is 10.1 Å². The number of aryl methyl sites for hydroxylation is 1. The number of aromatic nitrogens is 2. The smallest absolute Gasteiger partial charge is 0.256 e. The zero-order chi connectivity index (χ0) is 19.3. The first kappa shape index (κ1) is 18.3. The van der Waals surface area contributed by atoms with Crippen molar-refractivity contribution in [3.63, 3.8) is 0 Å². The van der Waals surface area contributed by atoms with E-state index in [9.17, 15) is 4.79 Å². The molecule has 0 saturated carbocycles. The molecule has 0 radical (unpaired) electrons. The SMILES string of the molecule is COCCOc1ccc(C(=O)Nc2c3c(nn2-c2ccccc2)CCC3)cc1. The predicted molar refractivity (Wildman–Crippen MR) is 107 cm³/mol. The van der Waals surface area contributed by atoms with Crippen LogP contribution in [0.3, 0.4) is 0 Å². The molecule has 1 aromatic heterocycles. The van der Waals surface area contributed by atoms with E-state index in [1.54, 1.807) is 31.4 Å². The number of fused-ring (bicyclic) bond motifs is 1. The molecule has 6 heteroatoms. The van der Waals surface area contributed by atoms with Crippen LogP contribution in [0.2, 0.25) is 0 Å². The summed E-state index contributed by atoms with van der Waals surface area (Å²) < 4.78 is 12.4. The molecule has 1 heterocycles. The van der Waals surface area contributed by atoms with E-state index in [1.807, 2.05) is 35.0 Å². The molecule has 0 spiro atoms. The Balaban J connectivity index is 1.55. The maximum atomic E-state index is 12.9. The molecule has 144 valence electrons. The van der Waals surface area contributed by atoms with Gasteiger partial charge >= 0.3 is 0 Å². The number of ether oxygens (including phenoxy) is 2. The number of carbonyl (C=O) groups is 1. The third-order valence-corrected chi connectivity index (χ3v) is 4.81. The van der Waals surface area contributed by atoms with Gasteiger partial charge in [-0.05, 0) is 55.7 Å². The van der Waals surface area contributed by atoms with Crippen molar-refractivity contribution in [3.05, 3.63) is 71.4 Å². The number of benzene rings is 2. The lowest BCUT2D eigenvalue weighted by Gasteiger charge is -2.11. The summed E-state index contributed by atoms with van der Waals surface area (Å²) in [5, 5.41) is 7.81. The van der Waals surface area contributed by atoms with Crippen LogP contribution in [-0.4, -0.2) is 36.0 Å². The molecular formula is C22H23N3O3. The van der Waals surface area contributed by atoms with Crippen LogP contribution in [0.5, 0.6) is 5.75 Å². The van der Waals surface area contributed by atoms with Crippen molar-refractivity contribution in [1.82, 2.24) is 9.78 Å². The molecule has 0 saturated heterocycles. The molecule has 1 aliphatic carbocycles. The average molecular weight is 377 g/mol. The Labute approximate surface area is 164 Å². The predicted octanol–water partition coefficient (Wildman–Crippen LogP) is 3.64. The van der Waals surface area contributed by atoms with Crippen molar-refractivity contribution in [2.24, 2.45) is 0 Å². The fourth-order valence-electron chi connectivity index (χ4n) is 3.40. The number of amides is 1. The lowest BCUT2D eigenvalue weighted by molar-refractivity contribution is 0.102. The second-order valence-electron chi connectivity index (χ2n) is 6.69. The highest BCUT2D eigenvalue weighted by Gasteiger charge is 2.24. The molecule has 0 atom stereocenters. The minimum Gasteiger partial charge on any atom is -0.491 e. The monoisotopic (exact) mass is 377 g/mol. The number of nitrogens with zero attached hydrogens (tertiary/aromatic N) is 2. The Bertz CT molecular complexity index is 949. The Kier molecular flexibility index (Phi) is 5.39. The summed E-state index contributed by atoms with van der Waals surface area (Å²) in [4.78, 5) is 12.9. The lowest BCUT2D eigenvalue weighted by Crippen LogP contribution is -2.16. The second-order valence-corrected chi connectivity index (χ2v) is 6.69. The lowest BCUT2D eigenvalue weighted by atomic mass is 10.2. The minimum absolute atomic E-state index is 0.157. The summed E-state index contributed by atoms with van der Waals surface area (Å²) in [5.41, 5.74) is 3.72. The molecule has 0 fully saturated rings. The van der Waals surface area contributed by atoms with Crippen molar-refractivity contribution >= 4 is 11.7 Å². The van der Waals surface area contributed by atoms with Gasteiger partial charge in [0.15, 0.2) is 0 Å². The van der Waals surface area contributed by atoms with E-state index < -0.39 is 0 Å². The van der Waals surface area contributed by atoms with E-state index in [4.69, 9.17) is 14.6 Å². The average Bonchev–Trinajstić information content (AvgIpc) is 3.32. The molecule has 0 aliphatic heterocycles. The van der Waals surface area contributed by atoms with Crippen LogP contribution in [0.25, 0.3) is 5.69 Å². The van der Waals surface area contributed by atoms with Crippen molar-refractivity contribution in [3.8, 4) is 11.4 Å². The van der Waals surface area contributed by atoms with Gasteiger partial charge in [-0.2, -0.15) is 5.10 Å². The summed E-state index contributed by atoms with van der Waals surface area (Å²) >= 11 is 0. The first-order valence-electron chi connectivity index (χ1n) is 9.45. The van der Waals surface area contributed by atoms with Gasteiger partial charge < -0.3 is 14.8 Å². The Morgan fingerprint density at radius 1 is 1.07 bits per heavy atom. The minimum atomic E-state index is -0.157. The number of hydrogen-bond donors (Lipinski definition) is 1. The van der Waals surface area contributed by atoms with E-state index >= 15 is 0 Å². The van der Waals surface area contributed by atoms with E-state index in [0.717, 1.165) is 42.0 Å². The maximum absolute atomic E-state index is 12.9. The summed E-state index contributed by atoms with van der Waals surface area (Å²) in [6.45, 7) is 1.00. The van der Waals surface area contributed by atoms with E-state index in [-0.39, 0.29) is 5.91 Å². The summed E-state index contributed by atoms with van der Waals surface area (Å²) in [6, 6.07) is 17.0. The first-order chi connectivity index (χ1) is 13.8. The van der Waals surface area contributed by atoms with Crippen molar-refractivity contribution < 1.29 is 14.3 Å². The molecule has 6 nitrogen and oxygen atoms in total. The molecular weight excluding hydrogens is 354 g/mol. The van der Waals surface area contributed by atoms with E-state index in [2.05, 4.69) is 5.32 Å². The number of hydrogen-bond acceptors (Lipinski definition) is 4. The molecule has 28 heavy (non-hydrogen) atoms. The van der Waals surface area contributed by atoms with Gasteiger partial charge in [-0.25, -0.2) is 4.68 Å². The Morgan fingerprint density at radius 2 is 1.86 bits per heavy atom. The highest BCUT2D eigenvalue weighted by atomic mass is 16.5. The third-order valence-electron chi connectivity index (χ3n) is 4.81. The number of anilines is 1. The first-order valence-corrected chi connectivity index (χ1v) is 9.45. The van der Waals surface area contributed by atoms with Crippen molar-refractivity contribution in [1.29, 1.82) is 0 Å². The standard InChI is InChI=1S/C22H23N3O3/c1-27-14-15-28-18-12-10-16(11-13-18)22(26)23-21-19-8-5-9-20(19)24-25(21)17-6-3-2-4-7-17/h2-4,6-7,10-13H,5,8-9,14-15H2,1H3,(H,23,26). The van der Waals surface area contributed by atoms with Crippen LogP contribution in [0.15, 0.2) is 54.6 Å². The van der Waals surface area contributed by atoms with Gasteiger partial charge in [0, 0.05) is 18.2 Å².